The van der Waals surface area contributed by atoms with Crippen molar-refractivity contribution < 1.29 is 28.6 Å². The first-order valence-electron chi connectivity index (χ1n) is 9.64. The Bertz CT molecular complexity index is 1190. The van der Waals surface area contributed by atoms with Gasteiger partial charge in [0.1, 0.15) is 12.6 Å². The molecule has 2 aromatic rings. The lowest BCUT2D eigenvalue weighted by Crippen LogP contribution is -2.42. The molecule has 2 amide bonds. The lowest BCUT2D eigenvalue weighted by Gasteiger charge is -2.18. The van der Waals surface area contributed by atoms with Gasteiger partial charge >= 0.3 is 5.97 Å². The number of methoxy groups -OCH3 is 2. The Morgan fingerprint density at radius 1 is 1.24 bits per heavy atom. The topological polar surface area (TPSA) is 106 Å². The predicted molar refractivity (Wildman–Crippen MR) is 125 cm³/mol. The molecule has 8 nitrogen and oxygen atoms in total. The zero-order valence-electron chi connectivity index (χ0n) is 18.0. The lowest BCUT2D eigenvalue weighted by atomic mass is 10.1. The minimum Gasteiger partial charge on any atom is -0.493 e. The first kappa shape index (κ1) is 24.4. The van der Waals surface area contributed by atoms with Crippen LogP contribution in [0.25, 0.3) is 6.08 Å². The van der Waals surface area contributed by atoms with Crippen LogP contribution in [0.2, 0.25) is 0 Å². The average molecular weight is 531 g/mol. The first-order chi connectivity index (χ1) is 15.8. The summed E-state index contributed by atoms with van der Waals surface area (Å²) in [5.74, 6) is -0.425. The highest BCUT2D eigenvalue weighted by Crippen LogP contribution is 2.39. The molecular weight excluding hydrogens is 512 g/mol. The summed E-state index contributed by atoms with van der Waals surface area (Å²) >= 11 is 4.20. The number of hydrogen-bond donors (Lipinski definition) is 0. The van der Waals surface area contributed by atoms with Crippen LogP contribution in [-0.4, -0.2) is 42.3 Å². The zero-order valence-corrected chi connectivity index (χ0v) is 20.4. The number of hydrogen-bond acceptors (Lipinski definition) is 8. The second kappa shape index (κ2) is 10.6. The van der Waals surface area contributed by atoms with E-state index in [9.17, 15) is 19.6 Å². The van der Waals surface area contributed by atoms with Crippen molar-refractivity contribution in [3.63, 3.8) is 0 Å². The fourth-order valence-corrected chi connectivity index (χ4v) is 4.41. The molecule has 170 valence electrons. The number of rotatable bonds is 7. The van der Waals surface area contributed by atoms with Crippen molar-refractivity contribution in [1.82, 2.24) is 4.90 Å². The third kappa shape index (κ3) is 5.21. The van der Waals surface area contributed by atoms with Gasteiger partial charge in [-0.25, -0.2) is 4.79 Å². The van der Waals surface area contributed by atoms with Gasteiger partial charge in [-0.3, -0.25) is 14.5 Å². The fourth-order valence-electron chi connectivity index (χ4n) is 3.08. The van der Waals surface area contributed by atoms with E-state index in [0.29, 0.717) is 27.1 Å². The van der Waals surface area contributed by atoms with Crippen molar-refractivity contribution in [3.8, 4) is 17.6 Å². The Kier molecular flexibility index (Phi) is 7.79. The third-order valence-electron chi connectivity index (χ3n) is 4.84. The van der Waals surface area contributed by atoms with Crippen molar-refractivity contribution in [2.45, 2.75) is 19.6 Å². The Hall–Kier alpha value is -3.29. The third-order valence-corrected chi connectivity index (χ3v) is 6.41. The second-order valence-electron chi connectivity index (χ2n) is 6.83. The van der Waals surface area contributed by atoms with Crippen LogP contribution in [0, 0.1) is 11.3 Å². The van der Waals surface area contributed by atoms with E-state index < -0.39 is 23.2 Å². The summed E-state index contributed by atoms with van der Waals surface area (Å²) in [5, 5.41) is 8.69. The Morgan fingerprint density at radius 2 is 1.97 bits per heavy atom. The molecule has 0 bridgehead atoms. The molecular formula is C23H19BrN2O6S. The van der Waals surface area contributed by atoms with Gasteiger partial charge in [-0.15, -0.1) is 0 Å². The molecule has 0 aliphatic carbocycles. The van der Waals surface area contributed by atoms with Crippen molar-refractivity contribution in [2.75, 3.05) is 14.2 Å². The molecule has 0 aromatic heterocycles. The van der Waals surface area contributed by atoms with Crippen molar-refractivity contribution in [1.29, 1.82) is 5.26 Å². The number of amides is 2. The molecule has 10 heteroatoms. The maximum Gasteiger partial charge on any atom is 0.328 e. The molecule has 0 spiro atoms. The van der Waals surface area contributed by atoms with E-state index in [2.05, 4.69) is 26.7 Å². The number of ether oxygens (including phenoxy) is 3. The predicted octanol–water partition coefficient (Wildman–Crippen LogP) is 4.51. The van der Waals surface area contributed by atoms with Crippen LogP contribution >= 0.6 is 27.7 Å². The summed E-state index contributed by atoms with van der Waals surface area (Å²) in [6, 6.07) is 11.6. The van der Waals surface area contributed by atoms with E-state index in [4.69, 9.17) is 9.47 Å². The largest absolute Gasteiger partial charge is 0.493 e. The number of imide groups is 1. The van der Waals surface area contributed by atoms with Crippen molar-refractivity contribution >= 4 is 50.9 Å². The number of nitrogens with zero attached hydrogens (tertiary/aromatic N) is 2. The number of benzene rings is 2. The van der Waals surface area contributed by atoms with E-state index in [1.807, 2.05) is 6.07 Å². The number of esters is 1. The Balaban J connectivity index is 1.86. The summed E-state index contributed by atoms with van der Waals surface area (Å²) in [4.78, 5) is 37.9. The Morgan fingerprint density at radius 3 is 2.64 bits per heavy atom. The van der Waals surface area contributed by atoms with Gasteiger partial charge in [0.15, 0.2) is 11.5 Å². The van der Waals surface area contributed by atoms with E-state index in [0.717, 1.165) is 22.2 Å². The zero-order chi connectivity index (χ0) is 24.1. The Labute approximate surface area is 203 Å². The number of nitriles is 1. The van der Waals surface area contributed by atoms with Crippen LogP contribution in [0.1, 0.15) is 23.6 Å². The van der Waals surface area contributed by atoms with E-state index in [-0.39, 0.29) is 11.5 Å². The summed E-state index contributed by atoms with van der Waals surface area (Å²) in [6.45, 7) is 1.59. The van der Waals surface area contributed by atoms with Gasteiger partial charge in [0, 0.05) is 10.0 Å². The summed E-state index contributed by atoms with van der Waals surface area (Å²) in [6.07, 6.45) is 1.54. The van der Waals surface area contributed by atoms with Gasteiger partial charge < -0.3 is 14.2 Å². The molecule has 1 fully saturated rings. The smallest absolute Gasteiger partial charge is 0.328 e. The monoisotopic (exact) mass is 530 g/mol. The SMILES string of the molecule is COC(=O)[C@H](C)N1C(=O)S/C(=C/c2cc(OC)c(OCc3ccccc3C#N)cc2Br)C1=O. The standard InChI is InChI=1S/C23H19BrN2O6S/c1-13(22(28)31-3)26-21(27)20(33-23(26)29)9-16-8-18(30-2)19(10-17(16)24)32-12-15-7-5-4-6-14(15)11-25/h4-10,13H,12H2,1-3H3/b20-9+/t13-/m0/s1. The van der Waals surface area contributed by atoms with Gasteiger partial charge in [-0.1, -0.05) is 34.1 Å². The van der Waals surface area contributed by atoms with Crippen molar-refractivity contribution in [2.24, 2.45) is 0 Å². The molecule has 0 radical (unpaired) electrons. The molecule has 2 aromatic carbocycles. The molecule has 1 aliphatic rings. The van der Waals surface area contributed by atoms with E-state index >= 15 is 0 Å². The minimum atomic E-state index is -1.03. The highest BCUT2D eigenvalue weighted by molar-refractivity contribution is 9.10. The molecule has 3 rings (SSSR count). The van der Waals surface area contributed by atoms with E-state index in [1.165, 1.54) is 27.2 Å². The summed E-state index contributed by atoms with van der Waals surface area (Å²) in [5.41, 5.74) is 1.83. The van der Waals surface area contributed by atoms with Gasteiger partial charge in [-0.2, -0.15) is 5.26 Å². The highest BCUT2D eigenvalue weighted by Gasteiger charge is 2.41. The lowest BCUT2D eigenvalue weighted by molar-refractivity contribution is -0.148. The van der Waals surface area contributed by atoms with Crippen LogP contribution in [-0.2, 0) is 20.9 Å². The van der Waals surface area contributed by atoms with E-state index in [1.54, 1.807) is 30.3 Å². The summed E-state index contributed by atoms with van der Waals surface area (Å²) < 4.78 is 16.5. The van der Waals surface area contributed by atoms with Gasteiger partial charge in [0.25, 0.3) is 11.1 Å². The van der Waals surface area contributed by atoms with Crippen LogP contribution in [0.15, 0.2) is 45.8 Å². The molecule has 0 unspecified atom stereocenters. The molecule has 1 atom stereocenters. The molecule has 1 heterocycles. The maximum absolute atomic E-state index is 12.7. The van der Waals surface area contributed by atoms with Crippen LogP contribution in [0.3, 0.4) is 0 Å². The quantitative estimate of drug-likeness (QED) is 0.380. The summed E-state index contributed by atoms with van der Waals surface area (Å²) in [7, 11) is 2.68. The molecule has 1 saturated heterocycles. The fraction of sp³-hybridized carbons (Fsp3) is 0.217. The molecule has 0 N–H and O–H groups in total. The molecule has 1 aliphatic heterocycles. The van der Waals surface area contributed by atoms with Crippen LogP contribution in [0.4, 0.5) is 4.79 Å². The number of halogens is 1. The molecule has 0 saturated carbocycles. The maximum atomic E-state index is 12.7. The molecule has 33 heavy (non-hydrogen) atoms. The highest BCUT2D eigenvalue weighted by atomic mass is 79.9. The van der Waals surface area contributed by atoms with Gasteiger partial charge in [0.2, 0.25) is 0 Å². The number of thioether (sulfide) groups is 1. The average Bonchev–Trinajstić information content (AvgIpc) is 3.10. The van der Waals surface area contributed by atoms with Crippen LogP contribution in [0.5, 0.6) is 11.5 Å². The number of carbonyl (C=O) groups is 3. The first-order valence-corrected chi connectivity index (χ1v) is 11.2. The van der Waals surface area contributed by atoms with Gasteiger partial charge in [0.05, 0.1) is 30.8 Å². The number of carbonyl (C=O) groups excluding carboxylic acids is 3. The minimum absolute atomic E-state index is 0.162. The van der Waals surface area contributed by atoms with Gasteiger partial charge in [-0.05, 0) is 48.5 Å². The normalized spacial score (nSPS) is 15.4. The van der Waals surface area contributed by atoms with Crippen LogP contribution < -0.4 is 9.47 Å². The van der Waals surface area contributed by atoms with Crippen molar-refractivity contribution in [3.05, 3.63) is 62.5 Å². The second-order valence-corrected chi connectivity index (χ2v) is 8.68.